The van der Waals surface area contributed by atoms with Crippen LogP contribution in [0, 0.1) is 0 Å². The first-order valence-electron chi connectivity index (χ1n) is 6.45. The first-order valence-corrected chi connectivity index (χ1v) is 7.25. The second-order valence-electron chi connectivity index (χ2n) is 4.69. The Labute approximate surface area is 130 Å². The van der Waals surface area contributed by atoms with Gasteiger partial charge < -0.3 is 9.64 Å². The van der Waals surface area contributed by atoms with E-state index >= 15 is 0 Å². The number of hydrogen-bond donors (Lipinski definition) is 0. The average molecular weight is 368 g/mol. The highest BCUT2D eigenvalue weighted by Gasteiger charge is 2.36. The summed E-state index contributed by atoms with van der Waals surface area (Å²) in [6, 6.07) is 3.60. The molecule has 0 aliphatic heterocycles. The number of halogens is 4. The lowest BCUT2D eigenvalue weighted by molar-refractivity contribution is -0.142. The highest BCUT2D eigenvalue weighted by Crippen LogP contribution is 2.38. The van der Waals surface area contributed by atoms with E-state index in [1.807, 2.05) is 0 Å². The third-order valence-corrected chi connectivity index (χ3v) is 3.29. The van der Waals surface area contributed by atoms with E-state index in [0.717, 1.165) is 6.07 Å². The fraction of sp³-hybridized carbons (Fsp3) is 0.500. The van der Waals surface area contributed by atoms with Gasteiger partial charge in [0.15, 0.2) is 0 Å². The largest absolute Gasteiger partial charge is 0.465 e. The minimum absolute atomic E-state index is 0.0336. The molecule has 0 aliphatic carbocycles. The van der Waals surface area contributed by atoms with Crippen molar-refractivity contribution in [3.8, 4) is 0 Å². The molecule has 0 saturated carbocycles. The van der Waals surface area contributed by atoms with Crippen molar-refractivity contribution in [1.82, 2.24) is 0 Å². The molecule has 0 heterocycles. The molecule has 118 valence electrons. The standard InChI is InChI=1S/C14H17BrF3NO2/c1-4-21-13(20)8-19(9(2)3)12-6-5-10(15)7-11(12)14(16,17)18/h5-7,9H,4,8H2,1-3H3. The first kappa shape index (κ1) is 17.8. The van der Waals surface area contributed by atoms with Crippen molar-refractivity contribution in [1.29, 1.82) is 0 Å². The Morgan fingerprint density at radius 3 is 2.48 bits per heavy atom. The first-order chi connectivity index (χ1) is 9.66. The molecule has 1 rings (SSSR count). The van der Waals surface area contributed by atoms with Gasteiger partial charge in [0.25, 0.3) is 0 Å². The molecule has 0 unspecified atom stereocenters. The second kappa shape index (κ2) is 7.15. The lowest BCUT2D eigenvalue weighted by Crippen LogP contribution is -2.37. The number of carbonyl (C=O) groups is 1. The lowest BCUT2D eigenvalue weighted by atomic mass is 10.1. The van der Waals surface area contributed by atoms with Crippen LogP contribution in [-0.4, -0.2) is 25.2 Å². The van der Waals surface area contributed by atoms with Crippen LogP contribution in [0.25, 0.3) is 0 Å². The van der Waals surface area contributed by atoms with Crippen molar-refractivity contribution in [3.63, 3.8) is 0 Å². The number of carbonyl (C=O) groups excluding carboxylic acids is 1. The molecule has 3 nitrogen and oxygen atoms in total. The van der Waals surface area contributed by atoms with E-state index in [1.54, 1.807) is 20.8 Å². The summed E-state index contributed by atoms with van der Waals surface area (Å²) >= 11 is 3.04. The number of anilines is 1. The molecule has 0 atom stereocenters. The van der Waals surface area contributed by atoms with Crippen LogP contribution in [0.1, 0.15) is 26.3 Å². The van der Waals surface area contributed by atoms with Crippen molar-refractivity contribution < 1.29 is 22.7 Å². The fourth-order valence-corrected chi connectivity index (χ4v) is 2.24. The topological polar surface area (TPSA) is 29.5 Å². The third kappa shape index (κ3) is 4.91. The summed E-state index contributed by atoms with van der Waals surface area (Å²) in [6.45, 7) is 5.06. The van der Waals surface area contributed by atoms with E-state index in [0.29, 0.717) is 4.47 Å². The number of hydrogen-bond acceptors (Lipinski definition) is 3. The van der Waals surface area contributed by atoms with Crippen LogP contribution in [0.2, 0.25) is 0 Å². The van der Waals surface area contributed by atoms with Gasteiger partial charge in [-0.15, -0.1) is 0 Å². The van der Waals surface area contributed by atoms with Gasteiger partial charge in [0, 0.05) is 16.2 Å². The Kier molecular flexibility index (Phi) is 6.07. The van der Waals surface area contributed by atoms with Crippen LogP contribution in [0.4, 0.5) is 18.9 Å². The summed E-state index contributed by atoms with van der Waals surface area (Å²) in [5.74, 6) is -0.553. The zero-order valence-electron chi connectivity index (χ0n) is 12.0. The van der Waals surface area contributed by atoms with Gasteiger partial charge in [0.1, 0.15) is 6.54 Å². The van der Waals surface area contributed by atoms with Crippen molar-refractivity contribution in [2.45, 2.75) is 33.0 Å². The molecule has 0 bridgehead atoms. The number of esters is 1. The van der Waals surface area contributed by atoms with E-state index < -0.39 is 17.7 Å². The van der Waals surface area contributed by atoms with Crippen LogP contribution < -0.4 is 4.90 Å². The molecular formula is C14H17BrF3NO2. The molecular weight excluding hydrogens is 351 g/mol. The Bertz CT molecular complexity index is 503. The summed E-state index contributed by atoms with van der Waals surface area (Å²) < 4.78 is 44.7. The number of ether oxygens (including phenoxy) is 1. The zero-order chi connectivity index (χ0) is 16.2. The zero-order valence-corrected chi connectivity index (χ0v) is 13.6. The smallest absolute Gasteiger partial charge is 0.418 e. The van der Waals surface area contributed by atoms with E-state index in [9.17, 15) is 18.0 Å². The summed E-state index contributed by atoms with van der Waals surface area (Å²) in [7, 11) is 0. The highest BCUT2D eigenvalue weighted by atomic mass is 79.9. The molecule has 0 radical (unpaired) electrons. The van der Waals surface area contributed by atoms with Gasteiger partial charge in [-0.05, 0) is 39.0 Å². The summed E-state index contributed by atoms with van der Waals surface area (Å²) in [6.07, 6.45) is -4.50. The minimum atomic E-state index is -4.50. The van der Waals surface area contributed by atoms with Crippen LogP contribution in [0.15, 0.2) is 22.7 Å². The molecule has 0 aliphatic rings. The highest BCUT2D eigenvalue weighted by molar-refractivity contribution is 9.10. The maximum atomic E-state index is 13.2. The predicted octanol–water partition coefficient (Wildman–Crippen LogP) is 4.25. The van der Waals surface area contributed by atoms with Crippen molar-refractivity contribution in [2.24, 2.45) is 0 Å². The van der Waals surface area contributed by atoms with Crippen molar-refractivity contribution in [3.05, 3.63) is 28.2 Å². The molecule has 0 saturated heterocycles. The van der Waals surface area contributed by atoms with Gasteiger partial charge >= 0.3 is 12.1 Å². The Hall–Kier alpha value is -1.24. The fourth-order valence-electron chi connectivity index (χ4n) is 1.88. The molecule has 21 heavy (non-hydrogen) atoms. The number of benzene rings is 1. The summed E-state index contributed by atoms with van der Waals surface area (Å²) in [5, 5.41) is 0. The number of alkyl halides is 3. The summed E-state index contributed by atoms with van der Waals surface area (Å²) in [5.41, 5.74) is -0.816. The van der Waals surface area contributed by atoms with Gasteiger partial charge in [-0.3, -0.25) is 4.79 Å². The second-order valence-corrected chi connectivity index (χ2v) is 5.60. The molecule has 7 heteroatoms. The molecule has 0 amide bonds. The Balaban J connectivity index is 3.23. The van der Waals surface area contributed by atoms with Gasteiger partial charge in [0.05, 0.1) is 12.2 Å². The van der Waals surface area contributed by atoms with E-state index in [1.165, 1.54) is 17.0 Å². The number of rotatable bonds is 5. The third-order valence-electron chi connectivity index (χ3n) is 2.80. The van der Waals surface area contributed by atoms with E-state index in [4.69, 9.17) is 4.74 Å². The van der Waals surface area contributed by atoms with Crippen LogP contribution in [-0.2, 0) is 15.7 Å². The minimum Gasteiger partial charge on any atom is -0.465 e. The maximum absolute atomic E-state index is 13.2. The monoisotopic (exact) mass is 367 g/mol. The molecule has 1 aromatic carbocycles. The average Bonchev–Trinajstić information content (AvgIpc) is 2.35. The van der Waals surface area contributed by atoms with Gasteiger partial charge in [-0.2, -0.15) is 13.2 Å². The molecule has 0 aromatic heterocycles. The quantitative estimate of drug-likeness (QED) is 0.728. The van der Waals surface area contributed by atoms with Crippen LogP contribution in [0.5, 0.6) is 0 Å². The Morgan fingerprint density at radius 1 is 1.38 bits per heavy atom. The molecule has 0 spiro atoms. The van der Waals surface area contributed by atoms with E-state index in [-0.39, 0.29) is 24.9 Å². The summed E-state index contributed by atoms with van der Waals surface area (Å²) in [4.78, 5) is 13.0. The normalized spacial score (nSPS) is 11.6. The van der Waals surface area contributed by atoms with E-state index in [2.05, 4.69) is 15.9 Å². The Morgan fingerprint density at radius 2 is 2.00 bits per heavy atom. The molecule has 0 N–H and O–H groups in total. The maximum Gasteiger partial charge on any atom is 0.418 e. The number of nitrogens with zero attached hydrogens (tertiary/aromatic N) is 1. The SMILES string of the molecule is CCOC(=O)CN(c1ccc(Br)cc1C(F)(F)F)C(C)C. The van der Waals surface area contributed by atoms with Crippen LogP contribution >= 0.6 is 15.9 Å². The van der Waals surface area contributed by atoms with Crippen molar-refractivity contribution in [2.75, 3.05) is 18.1 Å². The molecule has 1 aromatic rings. The van der Waals surface area contributed by atoms with Gasteiger partial charge in [0.2, 0.25) is 0 Å². The predicted molar refractivity (Wildman–Crippen MR) is 78.3 cm³/mol. The molecule has 0 fully saturated rings. The van der Waals surface area contributed by atoms with Crippen molar-refractivity contribution >= 4 is 27.6 Å². The van der Waals surface area contributed by atoms with Crippen LogP contribution in [0.3, 0.4) is 0 Å². The lowest BCUT2D eigenvalue weighted by Gasteiger charge is -2.30. The van der Waals surface area contributed by atoms with Gasteiger partial charge in [-0.1, -0.05) is 15.9 Å². The van der Waals surface area contributed by atoms with Gasteiger partial charge in [-0.25, -0.2) is 0 Å².